The minimum atomic E-state index is -3.10. The number of fused-ring (bicyclic) bond motifs is 1. The molecular weight excluding hydrogens is 336 g/mol. The van der Waals surface area contributed by atoms with Crippen LogP contribution in [0, 0.1) is 5.92 Å². The van der Waals surface area contributed by atoms with E-state index in [-0.39, 0.29) is 11.5 Å². The number of nitrogens with one attached hydrogen (secondary N) is 1. The number of amides is 1. The molecule has 3 rings (SSSR count). The molecule has 1 amide bonds. The highest BCUT2D eigenvalue weighted by Crippen LogP contribution is 2.39. The van der Waals surface area contributed by atoms with Crippen molar-refractivity contribution < 1.29 is 27.4 Å². The first kappa shape index (κ1) is 16.6. The van der Waals surface area contributed by atoms with Crippen LogP contribution in [0.25, 0.3) is 0 Å². The van der Waals surface area contributed by atoms with Gasteiger partial charge in [0.25, 0.3) is 0 Å². The first-order chi connectivity index (χ1) is 11.5. The van der Waals surface area contributed by atoms with Crippen LogP contribution < -0.4 is 19.6 Å². The molecule has 0 spiro atoms. The van der Waals surface area contributed by atoms with Crippen LogP contribution in [-0.2, 0) is 14.6 Å². The van der Waals surface area contributed by atoms with Gasteiger partial charge in [-0.2, -0.15) is 5.10 Å². The van der Waals surface area contributed by atoms with Crippen LogP contribution in [0.15, 0.2) is 17.2 Å². The summed E-state index contributed by atoms with van der Waals surface area (Å²) >= 11 is 0. The van der Waals surface area contributed by atoms with Crippen molar-refractivity contribution in [2.24, 2.45) is 11.0 Å². The number of hydrogen-bond acceptors (Lipinski definition) is 7. The number of hydrogen-bond donors (Lipinski definition) is 1. The van der Waals surface area contributed by atoms with Crippen LogP contribution in [-0.4, -0.2) is 52.4 Å². The molecule has 8 nitrogen and oxygen atoms in total. The van der Waals surface area contributed by atoms with E-state index >= 15 is 0 Å². The summed E-state index contributed by atoms with van der Waals surface area (Å²) in [6, 6.07) is 3.44. The molecule has 0 saturated carbocycles. The summed E-state index contributed by atoms with van der Waals surface area (Å²) in [5, 5.41) is 3.89. The molecule has 1 aromatic rings. The lowest BCUT2D eigenvalue weighted by molar-refractivity contribution is -0.124. The molecule has 9 heteroatoms. The molecule has 0 aliphatic carbocycles. The Kier molecular flexibility index (Phi) is 4.61. The van der Waals surface area contributed by atoms with Crippen molar-refractivity contribution in [3.63, 3.8) is 0 Å². The van der Waals surface area contributed by atoms with Gasteiger partial charge >= 0.3 is 0 Å². The zero-order valence-electron chi connectivity index (χ0n) is 13.1. The van der Waals surface area contributed by atoms with Crippen LogP contribution in [0.1, 0.15) is 12.0 Å². The summed E-state index contributed by atoms with van der Waals surface area (Å²) in [6.07, 6.45) is 1.78. The molecule has 2 heterocycles. The number of nitrogens with zero attached hydrogens (tertiary/aromatic N) is 1. The van der Waals surface area contributed by atoms with Crippen LogP contribution in [0.4, 0.5) is 0 Å². The molecule has 130 valence electrons. The molecule has 2 aliphatic rings. The third-order valence-corrected chi connectivity index (χ3v) is 5.61. The number of carbonyl (C=O) groups excluding carboxylic acids is 1. The summed E-state index contributed by atoms with van der Waals surface area (Å²) in [6.45, 7) is 0.904. The zero-order chi connectivity index (χ0) is 17.2. The Morgan fingerprint density at radius 2 is 2.17 bits per heavy atom. The summed E-state index contributed by atoms with van der Waals surface area (Å²) in [4.78, 5) is 11.9. The maximum atomic E-state index is 11.9. The van der Waals surface area contributed by atoms with Crippen molar-refractivity contribution >= 4 is 22.0 Å². The Bertz CT molecular complexity index is 757. The van der Waals surface area contributed by atoms with E-state index in [9.17, 15) is 13.2 Å². The number of carbonyl (C=O) groups is 1. The van der Waals surface area contributed by atoms with Crippen molar-refractivity contribution in [2.45, 2.75) is 6.42 Å². The predicted octanol–water partition coefficient (Wildman–Crippen LogP) is 0.351. The summed E-state index contributed by atoms with van der Waals surface area (Å²) in [7, 11) is -1.57. The standard InChI is InChI=1S/C15H18N2O6S/c1-21-12-6-10(7-13-14(12)23-4-3-22-13)8-16-17-15(18)11-2-5-24(19,20)9-11/h6-8,11H,2-5,9H2,1H3,(H,17,18)/b16-8-/t11-/m0/s1. The Morgan fingerprint density at radius 3 is 2.88 bits per heavy atom. The lowest BCUT2D eigenvalue weighted by Crippen LogP contribution is -2.27. The van der Waals surface area contributed by atoms with Gasteiger partial charge in [0.1, 0.15) is 13.2 Å². The van der Waals surface area contributed by atoms with E-state index in [4.69, 9.17) is 14.2 Å². The van der Waals surface area contributed by atoms with E-state index in [1.165, 1.54) is 13.3 Å². The molecule has 0 aromatic heterocycles. The van der Waals surface area contributed by atoms with Gasteiger partial charge in [0.05, 0.1) is 30.7 Å². The third kappa shape index (κ3) is 3.61. The van der Waals surface area contributed by atoms with E-state index in [0.717, 1.165) is 0 Å². The van der Waals surface area contributed by atoms with Crippen LogP contribution in [0.5, 0.6) is 17.2 Å². The minimum absolute atomic E-state index is 0.0498. The van der Waals surface area contributed by atoms with Crippen molar-refractivity contribution in [3.8, 4) is 17.2 Å². The molecule has 1 fully saturated rings. The molecular formula is C15H18N2O6S. The zero-order valence-corrected chi connectivity index (χ0v) is 14.0. The minimum Gasteiger partial charge on any atom is -0.493 e. The summed E-state index contributed by atoms with van der Waals surface area (Å²) in [5.41, 5.74) is 3.04. The number of benzene rings is 1. The Morgan fingerprint density at radius 1 is 1.38 bits per heavy atom. The smallest absolute Gasteiger partial charge is 0.244 e. The molecule has 24 heavy (non-hydrogen) atoms. The van der Waals surface area contributed by atoms with Gasteiger partial charge in [0.15, 0.2) is 21.3 Å². The van der Waals surface area contributed by atoms with E-state index in [0.29, 0.717) is 42.4 Å². The SMILES string of the molecule is COc1cc(/C=N\NC(=O)[C@H]2CCS(=O)(=O)C2)cc2c1OCCO2. The van der Waals surface area contributed by atoms with Crippen molar-refractivity contribution in [1.82, 2.24) is 5.43 Å². The molecule has 1 saturated heterocycles. The molecule has 1 atom stereocenters. The fourth-order valence-electron chi connectivity index (χ4n) is 2.63. The van der Waals surface area contributed by atoms with E-state index in [1.54, 1.807) is 12.1 Å². The van der Waals surface area contributed by atoms with Gasteiger partial charge in [-0.25, -0.2) is 13.8 Å². The highest BCUT2D eigenvalue weighted by atomic mass is 32.2. The predicted molar refractivity (Wildman–Crippen MR) is 86.5 cm³/mol. The van der Waals surface area contributed by atoms with Gasteiger partial charge < -0.3 is 14.2 Å². The van der Waals surface area contributed by atoms with Crippen LogP contribution >= 0.6 is 0 Å². The van der Waals surface area contributed by atoms with Gasteiger partial charge in [-0.05, 0) is 18.6 Å². The van der Waals surface area contributed by atoms with Gasteiger partial charge in [-0.15, -0.1) is 0 Å². The van der Waals surface area contributed by atoms with Gasteiger partial charge in [0, 0.05) is 5.56 Å². The van der Waals surface area contributed by atoms with E-state index in [1.807, 2.05) is 0 Å². The van der Waals surface area contributed by atoms with E-state index in [2.05, 4.69) is 10.5 Å². The average Bonchev–Trinajstić information content (AvgIpc) is 2.94. The molecule has 0 bridgehead atoms. The second-order valence-electron chi connectivity index (χ2n) is 5.58. The largest absolute Gasteiger partial charge is 0.493 e. The lowest BCUT2D eigenvalue weighted by Gasteiger charge is -2.20. The number of ether oxygens (including phenoxy) is 3. The maximum absolute atomic E-state index is 11.9. The molecule has 0 radical (unpaired) electrons. The first-order valence-corrected chi connectivity index (χ1v) is 9.31. The molecule has 1 aromatic carbocycles. The Hall–Kier alpha value is -2.29. The van der Waals surface area contributed by atoms with Crippen molar-refractivity contribution in [1.29, 1.82) is 0 Å². The molecule has 1 N–H and O–H groups in total. The molecule has 2 aliphatic heterocycles. The number of methoxy groups -OCH3 is 1. The Labute approximate surface area is 139 Å². The monoisotopic (exact) mass is 354 g/mol. The van der Waals surface area contributed by atoms with E-state index < -0.39 is 21.7 Å². The lowest BCUT2D eigenvalue weighted by atomic mass is 10.1. The Balaban J connectivity index is 1.67. The molecule has 0 unspecified atom stereocenters. The fraction of sp³-hybridized carbons (Fsp3) is 0.467. The number of hydrazone groups is 1. The van der Waals surface area contributed by atoms with Gasteiger partial charge in [-0.1, -0.05) is 0 Å². The second-order valence-corrected chi connectivity index (χ2v) is 7.81. The summed E-state index contributed by atoms with van der Waals surface area (Å²) in [5.74, 6) is 0.609. The topological polar surface area (TPSA) is 103 Å². The maximum Gasteiger partial charge on any atom is 0.244 e. The van der Waals surface area contributed by atoms with Crippen molar-refractivity contribution in [3.05, 3.63) is 17.7 Å². The van der Waals surface area contributed by atoms with Crippen LogP contribution in [0.2, 0.25) is 0 Å². The average molecular weight is 354 g/mol. The first-order valence-electron chi connectivity index (χ1n) is 7.49. The highest BCUT2D eigenvalue weighted by Gasteiger charge is 2.32. The quantitative estimate of drug-likeness (QED) is 0.618. The number of sulfone groups is 1. The van der Waals surface area contributed by atoms with Crippen LogP contribution in [0.3, 0.4) is 0 Å². The summed E-state index contributed by atoms with van der Waals surface area (Å²) < 4.78 is 39.1. The van der Waals surface area contributed by atoms with Crippen molar-refractivity contribution in [2.75, 3.05) is 31.8 Å². The third-order valence-electron chi connectivity index (χ3n) is 3.84. The van der Waals surface area contributed by atoms with Gasteiger partial charge in [-0.3, -0.25) is 4.79 Å². The fourth-order valence-corrected chi connectivity index (χ4v) is 4.37. The second kappa shape index (κ2) is 6.68. The number of rotatable bonds is 4. The van der Waals surface area contributed by atoms with Gasteiger partial charge in [0.2, 0.25) is 11.7 Å². The normalized spacial score (nSPS) is 21.6. The highest BCUT2D eigenvalue weighted by molar-refractivity contribution is 7.91.